The van der Waals surface area contributed by atoms with Crippen molar-refractivity contribution in [3.05, 3.63) is 24.3 Å². The number of nitrogens with zero attached hydrogens (tertiary/aromatic N) is 1. The van der Waals surface area contributed by atoms with Crippen LogP contribution in [0, 0.1) is 5.92 Å². The lowest BCUT2D eigenvalue weighted by Gasteiger charge is -2.30. The Morgan fingerprint density at radius 2 is 2.00 bits per heavy atom. The van der Waals surface area contributed by atoms with Crippen LogP contribution >= 0.6 is 0 Å². The Balaban J connectivity index is 2.04. The zero-order valence-electron chi connectivity index (χ0n) is 12.4. The Kier molecular flexibility index (Phi) is 5.08. The summed E-state index contributed by atoms with van der Waals surface area (Å²) in [6, 6.07) is 8.80. The minimum Gasteiger partial charge on any atom is -0.495 e. The van der Waals surface area contributed by atoms with E-state index in [1.807, 2.05) is 12.1 Å². The van der Waals surface area contributed by atoms with Crippen LogP contribution in [0.2, 0.25) is 0 Å². The molecule has 0 spiro atoms. The summed E-state index contributed by atoms with van der Waals surface area (Å²) in [7, 11) is 5.97. The second-order valence-electron chi connectivity index (χ2n) is 5.49. The number of para-hydroxylation sites is 2. The van der Waals surface area contributed by atoms with Gasteiger partial charge in [-0.15, -0.1) is 0 Å². The largest absolute Gasteiger partial charge is 0.495 e. The molecule has 2 rings (SSSR count). The maximum absolute atomic E-state index is 5.45. The second-order valence-corrected chi connectivity index (χ2v) is 5.49. The summed E-state index contributed by atoms with van der Waals surface area (Å²) in [5.41, 5.74) is 1.17. The van der Waals surface area contributed by atoms with Crippen molar-refractivity contribution in [3.8, 4) is 5.75 Å². The molecule has 1 aromatic rings. The molecule has 1 atom stereocenters. The van der Waals surface area contributed by atoms with Crippen LogP contribution in [0.5, 0.6) is 5.75 Å². The molecular weight excluding hydrogens is 236 g/mol. The summed E-state index contributed by atoms with van der Waals surface area (Å²) in [6.45, 7) is 1.03. The lowest BCUT2D eigenvalue weighted by Crippen LogP contribution is -2.42. The minimum atomic E-state index is 0.567. The van der Waals surface area contributed by atoms with Gasteiger partial charge in [0.05, 0.1) is 12.8 Å². The first-order valence-electron chi connectivity index (χ1n) is 7.27. The van der Waals surface area contributed by atoms with E-state index in [2.05, 4.69) is 36.4 Å². The summed E-state index contributed by atoms with van der Waals surface area (Å²) in [5, 5.41) is 3.50. The van der Waals surface area contributed by atoms with Gasteiger partial charge in [0.2, 0.25) is 0 Å². The molecule has 1 aliphatic rings. The normalized spacial score (nSPS) is 17.4. The van der Waals surface area contributed by atoms with Gasteiger partial charge in [-0.1, -0.05) is 25.0 Å². The first kappa shape index (κ1) is 14.2. The van der Waals surface area contributed by atoms with Crippen LogP contribution in [0.15, 0.2) is 24.3 Å². The van der Waals surface area contributed by atoms with Crippen LogP contribution in [0.1, 0.15) is 25.7 Å². The number of likely N-dealkylation sites (N-methyl/N-ethyl adjacent to an activating group) is 2. The highest BCUT2D eigenvalue weighted by atomic mass is 16.5. The zero-order valence-corrected chi connectivity index (χ0v) is 12.4. The molecule has 0 aromatic heterocycles. The van der Waals surface area contributed by atoms with Gasteiger partial charge in [-0.25, -0.2) is 0 Å². The highest BCUT2D eigenvalue weighted by molar-refractivity contribution is 5.57. The molecule has 19 heavy (non-hydrogen) atoms. The Morgan fingerprint density at radius 3 is 2.63 bits per heavy atom. The predicted molar refractivity (Wildman–Crippen MR) is 81.1 cm³/mol. The Morgan fingerprint density at radius 1 is 1.32 bits per heavy atom. The SMILES string of the molecule is CNC(CN(C)c1ccccc1OC)C1CCCC1. The molecule has 0 heterocycles. The summed E-state index contributed by atoms with van der Waals surface area (Å²) < 4.78 is 5.45. The molecule has 3 heteroatoms. The van der Waals surface area contributed by atoms with E-state index >= 15 is 0 Å². The Labute approximate surface area is 116 Å². The van der Waals surface area contributed by atoms with E-state index in [-0.39, 0.29) is 0 Å². The average molecular weight is 262 g/mol. The molecule has 1 fully saturated rings. The van der Waals surface area contributed by atoms with E-state index in [1.165, 1.54) is 31.4 Å². The number of hydrogen-bond acceptors (Lipinski definition) is 3. The van der Waals surface area contributed by atoms with Crippen molar-refractivity contribution in [3.63, 3.8) is 0 Å². The van der Waals surface area contributed by atoms with Crippen LogP contribution in [0.25, 0.3) is 0 Å². The molecule has 0 bridgehead atoms. The lowest BCUT2D eigenvalue weighted by molar-refractivity contribution is 0.378. The number of anilines is 1. The van der Waals surface area contributed by atoms with Gasteiger partial charge in [-0.2, -0.15) is 0 Å². The molecule has 3 nitrogen and oxygen atoms in total. The summed E-state index contributed by atoms with van der Waals surface area (Å²) in [5.74, 6) is 1.77. The number of benzene rings is 1. The number of methoxy groups -OCH3 is 1. The van der Waals surface area contributed by atoms with Gasteiger partial charge in [0.15, 0.2) is 0 Å². The highest BCUT2D eigenvalue weighted by Gasteiger charge is 2.25. The molecule has 0 saturated heterocycles. The van der Waals surface area contributed by atoms with Gasteiger partial charge in [-0.3, -0.25) is 0 Å². The third-order valence-corrected chi connectivity index (χ3v) is 4.31. The first-order valence-corrected chi connectivity index (χ1v) is 7.27. The van der Waals surface area contributed by atoms with E-state index in [4.69, 9.17) is 4.74 Å². The van der Waals surface area contributed by atoms with Crippen LogP contribution < -0.4 is 15.0 Å². The molecule has 106 valence electrons. The Hall–Kier alpha value is -1.22. The van der Waals surface area contributed by atoms with Crippen LogP contribution in [0.3, 0.4) is 0 Å². The number of nitrogens with one attached hydrogen (secondary N) is 1. The zero-order chi connectivity index (χ0) is 13.7. The van der Waals surface area contributed by atoms with Gasteiger partial charge >= 0.3 is 0 Å². The number of ether oxygens (including phenoxy) is 1. The van der Waals surface area contributed by atoms with E-state index in [0.717, 1.165) is 18.2 Å². The predicted octanol–water partition coefficient (Wildman–Crippen LogP) is 2.91. The molecule has 1 aromatic carbocycles. The maximum Gasteiger partial charge on any atom is 0.142 e. The van der Waals surface area contributed by atoms with Crippen molar-refractivity contribution >= 4 is 5.69 Å². The third-order valence-electron chi connectivity index (χ3n) is 4.31. The van der Waals surface area contributed by atoms with Gasteiger partial charge in [0.1, 0.15) is 5.75 Å². The monoisotopic (exact) mass is 262 g/mol. The smallest absolute Gasteiger partial charge is 0.142 e. The van der Waals surface area contributed by atoms with Gasteiger partial charge in [0, 0.05) is 19.6 Å². The molecule has 1 unspecified atom stereocenters. The summed E-state index contributed by atoms with van der Waals surface area (Å²) in [4.78, 5) is 2.30. The van der Waals surface area contributed by atoms with Gasteiger partial charge < -0.3 is 15.0 Å². The van der Waals surface area contributed by atoms with E-state index in [0.29, 0.717) is 6.04 Å². The fourth-order valence-electron chi connectivity index (χ4n) is 3.17. The third kappa shape index (κ3) is 3.41. The van der Waals surface area contributed by atoms with Crippen molar-refractivity contribution in [1.29, 1.82) is 0 Å². The first-order chi connectivity index (χ1) is 9.26. The van der Waals surface area contributed by atoms with Crippen molar-refractivity contribution < 1.29 is 4.74 Å². The number of hydrogen-bond donors (Lipinski definition) is 1. The van der Waals surface area contributed by atoms with Crippen molar-refractivity contribution in [2.75, 3.05) is 32.6 Å². The van der Waals surface area contributed by atoms with Gasteiger partial charge in [-0.05, 0) is 37.9 Å². The van der Waals surface area contributed by atoms with Crippen molar-refractivity contribution in [2.45, 2.75) is 31.7 Å². The lowest BCUT2D eigenvalue weighted by atomic mass is 9.97. The fraction of sp³-hybridized carbons (Fsp3) is 0.625. The minimum absolute atomic E-state index is 0.567. The molecule has 1 saturated carbocycles. The molecular formula is C16H26N2O. The van der Waals surface area contributed by atoms with Crippen molar-refractivity contribution in [2.24, 2.45) is 5.92 Å². The molecule has 0 amide bonds. The molecule has 1 N–H and O–H groups in total. The number of rotatable bonds is 6. The average Bonchev–Trinajstić information content (AvgIpc) is 2.98. The quantitative estimate of drug-likeness (QED) is 0.853. The van der Waals surface area contributed by atoms with E-state index in [9.17, 15) is 0 Å². The molecule has 1 aliphatic carbocycles. The van der Waals surface area contributed by atoms with Crippen LogP contribution in [0.4, 0.5) is 5.69 Å². The van der Waals surface area contributed by atoms with E-state index < -0.39 is 0 Å². The summed E-state index contributed by atoms with van der Waals surface area (Å²) in [6.07, 6.45) is 5.51. The summed E-state index contributed by atoms with van der Waals surface area (Å²) >= 11 is 0. The molecule has 0 aliphatic heterocycles. The standard InChI is InChI=1S/C16H26N2O/c1-17-14(13-8-4-5-9-13)12-18(2)15-10-6-7-11-16(15)19-3/h6-7,10-11,13-14,17H,4-5,8-9,12H2,1-3H3. The van der Waals surface area contributed by atoms with Crippen LogP contribution in [-0.4, -0.2) is 33.8 Å². The maximum atomic E-state index is 5.45. The van der Waals surface area contributed by atoms with E-state index in [1.54, 1.807) is 7.11 Å². The second kappa shape index (κ2) is 6.80. The van der Waals surface area contributed by atoms with Crippen LogP contribution in [-0.2, 0) is 0 Å². The Bertz CT molecular complexity index is 388. The molecule has 0 radical (unpaired) electrons. The topological polar surface area (TPSA) is 24.5 Å². The van der Waals surface area contributed by atoms with Gasteiger partial charge in [0.25, 0.3) is 0 Å². The highest BCUT2D eigenvalue weighted by Crippen LogP contribution is 2.30. The fourth-order valence-corrected chi connectivity index (χ4v) is 3.17. The van der Waals surface area contributed by atoms with Crippen molar-refractivity contribution in [1.82, 2.24) is 5.32 Å².